The van der Waals surface area contributed by atoms with Crippen molar-refractivity contribution >= 4 is 17.4 Å². The van der Waals surface area contributed by atoms with Crippen molar-refractivity contribution in [2.45, 2.75) is 19.5 Å². The summed E-state index contributed by atoms with van der Waals surface area (Å²) in [6.45, 7) is 1.41. The van der Waals surface area contributed by atoms with Gasteiger partial charge in [0.25, 0.3) is 0 Å². The molecule has 1 N–H and O–H groups in total. The number of nitrogens with one attached hydrogen (secondary N) is 1. The van der Waals surface area contributed by atoms with Gasteiger partial charge in [0.15, 0.2) is 0 Å². The molecule has 0 spiro atoms. The molecule has 0 amide bonds. The van der Waals surface area contributed by atoms with E-state index in [0.29, 0.717) is 11.4 Å². The third kappa shape index (κ3) is 3.91. The average Bonchev–Trinajstić information content (AvgIpc) is 2.10. The van der Waals surface area contributed by atoms with Gasteiger partial charge in [-0.2, -0.15) is 13.2 Å². The van der Waals surface area contributed by atoms with Crippen molar-refractivity contribution in [2.75, 3.05) is 11.9 Å². The van der Waals surface area contributed by atoms with Crippen LogP contribution in [0.2, 0.25) is 5.15 Å². The van der Waals surface area contributed by atoms with Crippen molar-refractivity contribution in [3.05, 3.63) is 17.0 Å². The summed E-state index contributed by atoms with van der Waals surface area (Å²) in [5.41, 5.74) is 0.543. The second-order valence-corrected chi connectivity index (χ2v) is 3.29. The number of alkyl halides is 3. The van der Waals surface area contributed by atoms with Gasteiger partial charge in [0.05, 0.1) is 6.42 Å². The Bertz CT molecular complexity index is 340. The zero-order valence-electron chi connectivity index (χ0n) is 7.90. The summed E-state index contributed by atoms with van der Waals surface area (Å²) in [5.74, 6) is 0.333. The first kappa shape index (κ1) is 12.0. The second kappa shape index (κ2) is 4.65. The summed E-state index contributed by atoms with van der Waals surface area (Å²) in [4.78, 5) is 7.47. The molecule has 1 aromatic heterocycles. The van der Waals surface area contributed by atoms with Crippen LogP contribution in [0.25, 0.3) is 0 Å². The van der Waals surface area contributed by atoms with Gasteiger partial charge in [-0.25, -0.2) is 9.97 Å². The molecule has 0 unspecified atom stereocenters. The SMILES string of the molecule is Cc1c(Cl)ncnc1NCCC(F)(F)F. The van der Waals surface area contributed by atoms with E-state index in [1.165, 1.54) is 6.33 Å². The van der Waals surface area contributed by atoms with E-state index in [2.05, 4.69) is 15.3 Å². The smallest absolute Gasteiger partial charge is 0.369 e. The van der Waals surface area contributed by atoms with E-state index in [4.69, 9.17) is 11.6 Å². The quantitative estimate of drug-likeness (QED) is 0.825. The van der Waals surface area contributed by atoms with Gasteiger partial charge >= 0.3 is 6.18 Å². The third-order valence-electron chi connectivity index (χ3n) is 1.72. The summed E-state index contributed by atoms with van der Waals surface area (Å²) in [6.07, 6.45) is -3.88. The van der Waals surface area contributed by atoms with Crippen LogP contribution in [0.15, 0.2) is 6.33 Å². The van der Waals surface area contributed by atoms with Crippen molar-refractivity contribution < 1.29 is 13.2 Å². The Labute approximate surface area is 89.7 Å². The molecule has 0 atom stereocenters. The van der Waals surface area contributed by atoms with E-state index in [-0.39, 0.29) is 11.7 Å². The Morgan fingerprint density at radius 3 is 2.67 bits per heavy atom. The van der Waals surface area contributed by atoms with Crippen LogP contribution in [0.3, 0.4) is 0 Å². The fraction of sp³-hybridized carbons (Fsp3) is 0.500. The third-order valence-corrected chi connectivity index (χ3v) is 2.10. The number of halogens is 4. The highest BCUT2D eigenvalue weighted by Gasteiger charge is 2.26. The summed E-state index contributed by atoms with van der Waals surface area (Å²) >= 11 is 5.67. The highest BCUT2D eigenvalue weighted by molar-refractivity contribution is 6.30. The number of rotatable bonds is 3. The van der Waals surface area contributed by atoms with E-state index in [0.717, 1.165) is 0 Å². The van der Waals surface area contributed by atoms with E-state index < -0.39 is 12.6 Å². The van der Waals surface area contributed by atoms with Gasteiger partial charge in [-0.1, -0.05) is 11.6 Å². The molecule has 0 aliphatic rings. The minimum absolute atomic E-state index is 0.225. The summed E-state index contributed by atoms with van der Waals surface area (Å²) in [5, 5.41) is 2.79. The zero-order valence-corrected chi connectivity index (χ0v) is 8.65. The first-order chi connectivity index (χ1) is 6.90. The molecular formula is C8H9ClF3N3. The average molecular weight is 240 g/mol. The molecule has 7 heteroatoms. The van der Waals surface area contributed by atoms with Gasteiger partial charge in [0, 0.05) is 12.1 Å². The van der Waals surface area contributed by atoms with Crippen molar-refractivity contribution in [1.82, 2.24) is 9.97 Å². The maximum absolute atomic E-state index is 11.8. The van der Waals surface area contributed by atoms with Gasteiger partial charge in [-0.15, -0.1) is 0 Å². The predicted octanol–water partition coefficient (Wildman–Crippen LogP) is 2.80. The lowest BCUT2D eigenvalue weighted by atomic mass is 10.3. The Balaban J connectivity index is 2.55. The Hall–Kier alpha value is -1.04. The lowest BCUT2D eigenvalue weighted by Gasteiger charge is -2.10. The summed E-state index contributed by atoms with van der Waals surface area (Å²) in [6, 6.07) is 0. The lowest BCUT2D eigenvalue weighted by Crippen LogP contribution is -2.15. The Kier molecular flexibility index (Phi) is 3.73. The molecule has 0 aromatic carbocycles. The fourth-order valence-electron chi connectivity index (χ4n) is 0.930. The largest absolute Gasteiger partial charge is 0.390 e. The molecule has 0 bridgehead atoms. The topological polar surface area (TPSA) is 37.8 Å². The molecular weight excluding hydrogens is 231 g/mol. The Morgan fingerprint density at radius 2 is 2.07 bits per heavy atom. The molecule has 15 heavy (non-hydrogen) atoms. The molecule has 0 fully saturated rings. The van der Waals surface area contributed by atoms with Gasteiger partial charge < -0.3 is 5.32 Å². The van der Waals surface area contributed by atoms with Crippen LogP contribution in [0.5, 0.6) is 0 Å². The molecule has 0 radical (unpaired) electrons. The normalized spacial score (nSPS) is 11.5. The van der Waals surface area contributed by atoms with E-state index in [1.807, 2.05) is 0 Å². The molecule has 0 saturated carbocycles. The number of anilines is 1. The van der Waals surface area contributed by atoms with Crippen LogP contribution >= 0.6 is 11.6 Å². The second-order valence-electron chi connectivity index (χ2n) is 2.93. The molecule has 1 rings (SSSR count). The molecule has 84 valence electrons. The van der Waals surface area contributed by atoms with Crippen molar-refractivity contribution in [3.63, 3.8) is 0 Å². The van der Waals surface area contributed by atoms with E-state index >= 15 is 0 Å². The summed E-state index contributed by atoms with van der Waals surface area (Å²) in [7, 11) is 0. The maximum atomic E-state index is 11.8. The van der Waals surface area contributed by atoms with Gasteiger partial charge in [0.1, 0.15) is 17.3 Å². The van der Waals surface area contributed by atoms with Gasteiger partial charge in [0.2, 0.25) is 0 Å². The van der Waals surface area contributed by atoms with E-state index in [9.17, 15) is 13.2 Å². The maximum Gasteiger partial charge on any atom is 0.390 e. The highest BCUT2D eigenvalue weighted by Crippen LogP contribution is 2.21. The summed E-state index contributed by atoms with van der Waals surface area (Å²) < 4.78 is 35.5. The van der Waals surface area contributed by atoms with Crippen molar-refractivity contribution in [2.24, 2.45) is 0 Å². The monoisotopic (exact) mass is 239 g/mol. The number of hydrogen-bond acceptors (Lipinski definition) is 3. The zero-order chi connectivity index (χ0) is 11.5. The molecule has 0 aliphatic heterocycles. The minimum Gasteiger partial charge on any atom is -0.369 e. The first-order valence-electron chi connectivity index (χ1n) is 4.18. The minimum atomic E-state index is -4.17. The highest BCUT2D eigenvalue weighted by atomic mass is 35.5. The molecule has 0 aliphatic carbocycles. The van der Waals surface area contributed by atoms with Gasteiger partial charge in [-0.3, -0.25) is 0 Å². The fourth-order valence-corrected chi connectivity index (χ4v) is 1.06. The van der Waals surface area contributed by atoms with Crippen LogP contribution < -0.4 is 5.32 Å². The molecule has 3 nitrogen and oxygen atoms in total. The molecule has 1 aromatic rings. The predicted molar refractivity (Wildman–Crippen MR) is 50.9 cm³/mol. The number of nitrogens with zero attached hydrogens (tertiary/aromatic N) is 2. The van der Waals surface area contributed by atoms with Crippen LogP contribution in [-0.2, 0) is 0 Å². The standard InChI is InChI=1S/C8H9ClF3N3/c1-5-6(9)14-4-15-7(5)13-3-2-8(10,11)12/h4H,2-3H2,1H3,(H,13,14,15). The number of hydrogen-bond donors (Lipinski definition) is 1. The van der Waals surface area contributed by atoms with Crippen LogP contribution in [0, 0.1) is 6.92 Å². The lowest BCUT2D eigenvalue weighted by molar-refractivity contribution is -0.131. The molecule has 1 heterocycles. The number of aromatic nitrogens is 2. The van der Waals surface area contributed by atoms with Crippen molar-refractivity contribution in [3.8, 4) is 0 Å². The van der Waals surface area contributed by atoms with Crippen LogP contribution in [-0.4, -0.2) is 22.7 Å². The van der Waals surface area contributed by atoms with Crippen LogP contribution in [0.1, 0.15) is 12.0 Å². The van der Waals surface area contributed by atoms with Crippen LogP contribution in [0.4, 0.5) is 19.0 Å². The van der Waals surface area contributed by atoms with Gasteiger partial charge in [-0.05, 0) is 6.92 Å². The van der Waals surface area contributed by atoms with E-state index in [1.54, 1.807) is 6.92 Å². The first-order valence-corrected chi connectivity index (χ1v) is 4.55. The Morgan fingerprint density at radius 1 is 1.40 bits per heavy atom. The van der Waals surface area contributed by atoms with Crippen molar-refractivity contribution in [1.29, 1.82) is 0 Å². The molecule has 0 saturated heterocycles.